The summed E-state index contributed by atoms with van der Waals surface area (Å²) in [4.78, 5) is 12.3. The van der Waals surface area contributed by atoms with Gasteiger partial charge in [-0.25, -0.2) is 4.68 Å². The fourth-order valence-electron chi connectivity index (χ4n) is 2.99. The van der Waals surface area contributed by atoms with E-state index in [0.29, 0.717) is 28.2 Å². The standard InChI is InChI=1S/C21H23N5O3S/c1-21(2,3)14-6-4-13(5-7-14)19-24-25-20(26(19)22)30-11-18(27)23-15-8-9-16-17(10-15)29-12-28-16/h4-10H,11-12,22H2,1-3H3,(H,23,27). The van der Waals surface area contributed by atoms with Crippen LogP contribution in [0.15, 0.2) is 47.6 Å². The number of nitrogens with two attached hydrogens (primary N) is 1. The van der Waals surface area contributed by atoms with E-state index in [-0.39, 0.29) is 23.9 Å². The van der Waals surface area contributed by atoms with Crippen LogP contribution in [0, 0.1) is 0 Å². The lowest BCUT2D eigenvalue weighted by molar-refractivity contribution is -0.113. The molecule has 0 radical (unpaired) electrons. The van der Waals surface area contributed by atoms with Gasteiger partial charge in [0.2, 0.25) is 17.9 Å². The van der Waals surface area contributed by atoms with Crippen LogP contribution in [-0.4, -0.2) is 33.3 Å². The van der Waals surface area contributed by atoms with Crippen molar-refractivity contribution in [1.82, 2.24) is 14.9 Å². The molecule has 0 fully saturated rings. The SMILES string of the molecule is CC(C)(C)c1ccc(-c2nnc(SCC(=O)Nc3ccc4c(c3)OCO4)n2N)cc1. The predicted octanol–water partition coefficient (Wildman–Crippen LogP) is 3.42. The van der Waals surface area contributed by atoms with E-state index in [2.05, 4.69) is 48.4 Å². The van der Waals surface area contributed by atoms with Crippen LogP contribution in [0.5, 0.6) is 11.5 Å². The van der Waals surface area contributed by atoms with Crippen LogP contribution in [-0.2, 0) is 10.2 Å². The maximum atomic E-state index is 12.3. The summed E-state index contributed by atoms with van der Waals surface area (Å²) in [6, 6.07) is 13.4. The Morgan fingerprint density at radius 2 is 1.87 bits per heavy atom. The number of benzene rings is 2. The third-order valence-corrected chi connectivity index (χ3v) is 5.61. The number of nitrogens with one attached hydrogen (secondary N) is 1. The zero-order chi connectivity index (χ0) is 21.3. The number of carbonyl (C=O) groups excluding carboxylic acids is 1. The average Bonchev–Trinajstić information content (AvgIpc) is 3.32. The molecule has 1 aromatic heterocycles. The van der Waals surface area contributed by atoms with Gasteiger partial charge in [0.15, 0.2) is 17.3 Å². The number of rotatable bonds is 5. The molecule has 2 heterocycles. The number of hydrogen-bond donors (Lipinski definition) is 2. The minimum Gasteiger partial charge on any atom is -0.454 e. The molecule has 0 spiro atoms. The number of nitrogens with zero attached hydrogens (tertiary/aromatic N) is 3. The van der Waals surface area contributed by atoms with Crippen LogP contribution in [0.3, 0.4) is 0 Å². The summed E-state index contributed by atoms with van der Waals surface area (Å²) in [5.74, 6) is 7.96. The Labute approximate surface area is 178 Å². The highest BCUT2D eigenvalue weighted by molar-refractivity contribution is 7.99. The maximum Gasteiger partial charge on any atom is 0.234 e. The minimum absolute atomic E-state index is 0.0707. The van der Waals surface area contributed by atoms with Gasteiger partial charge in [-0.2, -0.15) is 0 Å². The van der Waals surface area contributed by atoms with Crippen LogP contribution >= 0.6 is 11.8 Å². The molecular formula is C21H23N5O3S. The minimum atomic E-state index is -0.182. The second-order valence-corrected chi connectivity index (χ2v) is 8.85. The van der Waals surface area contributed by atoms with Gasteiger partial charge in [-0.3, -0.25) is 4.79 Å². The average molecular weight is 426 g/mol. The number of anilines is 1. The molecule has 1 aliphatic rings. The van der Waals surface area contributed by atoms with E-state index in [1.54, 1.807) is 18.2 Å². The van der Waals surface area contributed by atoms with E-state index in [4.69, 9.17) is 15.3 Å². The number of hydrogen-bond acceptors (Lipinski definition) is 7. The Bertz CT molecular complexity index is 1070. The Balaban J connectivity index is 1.39. The number of fused-ring (bicyclic) bond motifs is 1. The van der Waals surface area contributed by atoms with Crippen LogP contribution < -0.4 is 20.6 Å². The Hall–Kier alpha value is -3.20. The number of carbonyl (C=O) groups is 1. The van der Waals surface area contributed by atoms with Crippen LogP contribution in [0.1, 0.15) is 26.3 Å². The van der Waals surface area contributed by atoms with Gasteiger partial charge in [0, 0.05) is 17.3 Å². The molecule has 0 aliphatic carbocycles. The van der Waals surface area contributed by atoms with E-state index in [0.717, 1.165) is 5.56 Å². The van der Waals surface area contributed by atoms with Crippen LogP contribution in [0.4, 0.5) is 5.69 Å². The quantitative estimate of drug-likeness (QED) is 0.477. The fourth-order valence-corrected chi connectivity index (χ4v) is 3.65. The largest absolute Gasteiger partial charge is 0.454 e. The molecule has 0 bridgehead atoms. The number of aromatic nitrogens is 3. The molecule has 4 rings (SSSR count). The van der Waals surface area contributed by atoms with Gasteiger partial charge in [-0.1, -0.05) is 56.8 Å². The Morgan fingerprint density at radius 3 is 2.60 bits per heavy atom. The smallest absolute Gasteiger partial charge is 0.234 e. The van der Waals surface area contributed by atoms with Gasteiger partial charge in [-0.15, -0.1) is 10.2 Å². The van der Waals surface area contributed by atoms with Gasteiger partial charge in [-0.05, 0) is 23.1 Å². The second-order valence-electron chi connectivity index (χ2n) is 7.91. The predicted molar refractivity (Wildman–Crippen MR) is 116 cm³/mol. The van der Waals surface area contributed by atoms with E-state index in [9.17, 15) is 4.79 Å². The Morgan fingerprint density at radius 1 is 1.13 bits per heavy atom. The Kier molecular flexibility index (Phi) is 5.29. The number of thioether (sulfide) groups is 1. The van der Waals surface area contributed by atoms with Crippen molar-refractivity contribution in [3.05, 3.63) is 48.0 Å². The second kappa shape index (κ2) is 7.91. The first-order chi connectivity index (χ1) is 14.3. The van der Waals surface area contributed by atoms with E-state index < -0.39 is 0 Å². The summed E-state index contributed by atoms with van der Waals surface area (Å²) >= 11 is 1.22. The molecule has 30 heavy (non-hydrogen) atoms. The summed E-state index contributed by atoms with van der Waals surface area (Å²) in [5, 5.41) is 11.6. The van der Waals surface area contributed by atoms with Crippen LogP contribution in [0.25, 0.3) is 11.4 Å². The molecule has 0 atom stereocenters. The van der Waals surface area contributed by atoms with Gasteiger partial charge < -0.3 is 20.6 Å². The highest BCUT2D eigenvalue weighted by Gasteiger charge is 2.17. The zero-order valence-electron chi connectivity index (χ0n) is 17.0. The van der Waals surface area contributed by atoms with Crippen molar-refractivity contribution in [3.63, 3.8) is 0 Å². The lowest BCUT2D eigenvalue weighted by atomic mass is 9.87. The number of amides is 1. The van der Waals surface area contributed by atoms with E-state index in [1.165, 1.54) is 22.0 Å². The zero-order valence-corrected chi connectivity index (χ0v) is 17.8. The normalized spacial score (nSPS) is 12.8. The molecule has 3 aromatic rings. The molecule has 1 amide bonds. The van der Waals surface area contributed by atoms with Crippen molar-refractivity contribution in [2.24, 2.45) is 0 Å². The summed E-state index contributed by atoms with van der Waals surface area (Å²) in [5.41, 5.74) is 2.80. The first-order valence-electron chi connectivity index (χ1n) is 9.45. The van der Waals surface area contributed by atoms with Crippen molar-refractivity contribution >= 4 is 23.4 Å². The van der Waals surface area contributed by atoms with Gasteiger partial charge in [0.05, 0.1) is 5.75 Å². The number of nitrogen functional groups attached to an aromatic ring is 1. The van der Waals surface area contributed by atoms with Crippen molar-refractivity contribution in [2.75, 3.05) is 23.7 Å². The molecule has 9 heteroatoms. The molecule has 2 aromatic carbocycles. The monoisotopic (exact) mass is 425 g/mol. The molecule has 0 saturated carbocycles. The van der Waals surface area contributed by atoms with Crippen molar-refractivity contribution < 1.29 is 14.3 Å². The van der Waals surface area contributed by atoms with Crippen molar-refractivity contribution in [1.29, 1.82) is 0 Å². The molecule has 0 saturated heterocycles. The van der Waals surface area contributed by atoms with E-state index in [1.807, 2.05) is 12.1 Å². The highest BCUT2D eigenvalue weighted by atomic mass is 32.2. The lowest BCUT2D eigenvalue weighted by Gasteiger charge is -2.19. The van der Waals surface area contributed by atoms with Crippen LogP contribution in [0.2, 0.25) is 0 Å². The molecule has 156 valence electrons. The third-order valence-electron chi connectivity index (χ3n) is 4.66. The molecule has 1 aliphatic heterocycles. The topological polar surface area (TPSA) is 104 Å². The summed E-state index contributed by atoms with van der Waals surface area (Å²) in [7, 11) is 0. The molecular weight excluding hydrogens is 402 g/mol. The maximum absolute atomic E-state index is 12.3. The van der Waals surface area contributed by atoms with Gasteiger partial charge in [0.25, 0.3) is 0 Å². The molecule has 8 nitrogen and oxygen atoms in total. The van der Waals surface area contributed by atoms with Gasteiger partial charge in [0.1, 0.15) is 0 Å². The fraction of sp³-hybridized carbons (Fsp3) is 0.286. The third kappa shape index (κ3) is 4.20. The summed E-state index contributed by atoms with van der Waals surface area (Å²) in [6.45, 7) is 6.68. The summed E-state index contributed by atoms with van der Waals surface area (Å²) in [6.07, 6.45) is 0. The molecule has 0 unspecified atom stereocenters. The first kappa shape index (κ1) is 20.1. The molecule has 3 N–H and O–H groups in total. The summed E-state index contributed by atoms with van der Waals surface area (Å²) < 4.78 is 12.0. The van der Waals surface area contributed by atoms with Crippen molar-refractivity contribution in [3.8, 4) is 22.9 Å². The van der Waals surface area contributed by atoms with E-state index >= 15 is 0 Å². The first-order valence-corrected chi connectivity index (χ1v) is 10.4. The number of ether oxygens (including phenoxy) is 2. The highest BCUT2D eigenvalue weighted by Crippen LogP contribution is 2.34. The lowest BCUT2D eigenvalue weighted by Crippen LogP contribution is -2.16. The van der Waals surface area contributed by atoms with Crippen molar-refractivity contribution in [2.45, 2.75) is 31.3 Å². The van der Waals surface area contributed by atoms with Gasteiger partial charge >= 0.3 is 0 Å².